The van der Waals surface area contributed by atoms with Crippen LogP contribution in [-0.2, 0) is 33.3 Å². The Kier molecular flexibility index (Phi) is 17.3. The van der Waals surface area contributed by atoms with E-state index in [1.54, 1.807) is 12.1 Å². The van der Waals surface area contributed by atoms with Gasteiger partial charge in [0.15, 0.2) is 29.2 Å². The zero-order valence-corrected chi connectivity index (χ0v) is 48.3. The molecule has 80 heavy (non-hydrogen) atoms. The number of carbonyl (C=O) groups is 2. The van der Waals surface area contributed by atoms with Crippen LogP contribution in [0.2, 0.25) is 0 Å². The number of ketones is 2. The Bertz CT molecular complexity index is 3180. The van der Waals surface area contributed by atoms with Crippen molar-refractivity contribution < 1.29 is 34.8 Å². The lowest BCUT2D eigenvalue weighted by molar-refractivity contribution is -0.142. The smallest absolute Gasteiger partial charge is 0.173 e. The minimum atomic E-state index is -1.83. The summed E-state index contributed by atoms with van der Waals surface area (Å²) in [6, 6.07) is 28.7. The fraction of sp³-hybridized carbons (Fsp3) is 0.493. The van der Waals surface area contributed by atoms with E-state index in [0.29, 0.717) is 51.2 Å². The molecule has 13 heteroatoms. The van der Waals surface area contributed by atoms with Crippen molar-refractivity contribution in [1.82, 2.24) is 15.6 Å². The topological polar surface area (TPSA) is 176 Å². The Hall–Kier alpha value is -5.46. The SMILES string of the molecule is CCCC1C2CC(CC3=CCNC(=C3)Nc3ccc4ccc(cc4c3)CC(O)CNCC3(C)CSSCC4CCCC(C4)(c4cc3c[nH]4)C1O)CC1C#CC(c3ccccc3)c3cc(O)c(OC)cc3CCC(=O)C(O)C(=O)C1C2. The van der Waals surface area contributed by atoms with Gasteiger partial charge < -0.3 is 46.1 Å². The predicted octanol–water partition coefficient (Wildman–Crippen LogP) is 11.0. The molecule has 422 valence electrons. The van der Waals surface area contributed by atoms with Crippen LogP contribution in [0.15, 0.2) is 115 Å². The average Bonchev–Trinajstić information content (AvgIpc) is 4.03. The summed E-state index contributed by atoms with van der Waals surface area (Å²) in [4.78, 5) is 33.6. The van der Waals surface area contributed by atoms with Crippen molar-refractivity contribution in [3.63, 3.8) is 0 Å². The van der Waals surface area contributed by atoms with Crippen LogP contribution in [0.5, 0.6) is 11.5 Å². The van der Waals surface area contributed by atoms with Gasteiger partial charge >= 0.3 is 0 Å². The summed E-state index contributed by atoms with van der Waals surface area (Å²) < 4.78 is 5.57. The average molecular weight is 1120 g/mol. The number of aryl methyl sites for hydroxylation is 1. The molecule has 12 unspecified atom stereocenters. The highest BCUT2D eigenvalue weighted by Crippen LogP contribution is 2.53. The lowest BCUT2D eigenvalue weighted by atomic mass is 9.59. The third-order valence-electron chi connectivity index (χ3n) is 19.0. The Balaban J connectivity index is 1.05. The van der Waals surface area contributed by atoms with E-state index in [0.717, 1.165) is 112 Å². The quantitative estimate of drug-likeness (QED) is 0.0486. The Morgan fingerprint density at radius 3 is 2.58 bits per heavy atom. The maximum absolute atomic E-state index is 15.4. The molecule has 4 heterocycles. The number of aliphatic hydroxyl groups is 3. The van der Waals surface area contributed by atoms with Crippen LogP contribution in [0.3, 0.4) is 0 Å². The zero-order chi connectivity index (χ0) is 55.5. The van der Waals surface area contributed by atoms with Crippen LogP contribution >= 0.6 is 21.6 Å². The van der Waals surface area contributed by atoms with E-state index < -0.39 is 53.0 Å². The highest BCUT2D eigenvalue weighted by atomic mass is 33.1. The number of aromatic hydroxyl groups is 1. The first-order valence-electron chi connectivity index (χ1n) is 29.4. The molecular weight excluding hydrogens is 1040 g/mol. The monoisotopic (exact) mass is 1120 g/mol. The summed E-state index contributed by atoms with van der Waals surface area (Å²) in [6.07, 6.45) is 11.9. The second-order valence-corrected chi connectivity index (χ2v) is 27.0. The lowest BCUT2D eigenvalue weighted by Gasteiger charge is -2.48. The van der Waals surface area contributed by atoms with Gasteiger partial charge in [-0.25, -0.2) is 0 Å². The molecule has 6 aliphatic rings. The number of aromatic amines is 1. The molecule has 3 aliphatic heterocycles. The fourth-order valence-electron chi connectivity index (χ4n) is 14.7. The number of H-pyrrole nitrogens is 1. The van der Waals surface area contributed by atoms with Gasteiger partial charge in [0.1, 0.15) is 5.82 Å². The van der Waals surface area contributed by atoms with Gasteiger partial charge in [-0.05, 0) is 168 Å². The van der Waals surface area contributed by atoms with Crippen LogP contribution < -0.4 is 20.7 Å². The summed E-state index contributed by atoms with van der Waals surface area (Å²) >= 11 is 0. The predicted molar refractivity (Wildman–Crippen MR) is 323 cm³/mol. The Labute approximate surface area is 480 Å². The van der Waals surface area contributed by atoms with Crippen molar-refractivity contribution in [2.24, 2.45) is 35.5 Å². The second-order valence-electron chi connectivity index (χ2n) is 24.5. The molecule has 12 atom stereocenters. The normalized spacial score (nSPS) is 31.6. The number of hydrogen-bond acceptors (Lipinski definition) is 12. The number of rotatable bonds is 4. The van der Waals surface area contributed by atoms with Gasteiger partial charge in [0.2, 0.25) is 0 Å². The van der Waals surface area contributed by atoms with Gasteiger partial charge in [-0.15, -0.1) is 0 Å². The number of aliphatic hydroxyl groups excluding tert-OH is 3. The van der Waals surface area contributed by atoms with Crippen molar-refractivity contribution in [3.8, 4) is 23.3 Å². The van der Waals surface area contributed by atoms with Crippen molar-refractivity contribution in [2.45, 2.75) is 132 Å². The molecule has 4 aromatic carbocycles. The summed E-state index contributed by atoms with van der Waals surface area (Å²) in [5.74, 6) is 7.71. The van der Waals surface area contributed by atoms with Gasteiger partial charge in [0.05, 0.1) is 25.2 Å². The van der Waals surface area contributed by atoms with Crippen LogP contribution in [0.1, 0.15) is 124 Å². The van der Waals surface area contributed by atoms with E-state index in [-0.39, 0.29) is 47.5 Å². The van der Waals surface area contributed by atoms with E-state index in [2.05, 4.69) is 107 Å². The number of dihydropyridines is 1. The maximum Gasteiger partial charge on any atom is 0.173 e. The Morgan fingerprint density at radius 2 is 1.74 bits per heavy atom. The number of benzene rings is 4. The first kappa shape index (κ1) is 56.4. The molecule has 11 rings (SSSR count). The number of phenols is 1. The molecule has 3 aliphatic carbocycles. The molecular formula is C67H80N4O7S2. The van der Waals surface area contributed by atoms with Crippen LogP contribution in [0, 0.1) is 47.3 Å². The van der Waals surface area contributed by atoms with Crippen molar-refractivity contribution >= 4 is 49.6 Å². The summed E-state index contributed by atoms with van der Waals surface area (Å²) in [6.45, 7) is 6.27. The number of allylic oxidation sites excluding steroid dienone is 2. The minimum absolute atomic E-state index is 0.0221. The maximum atomic E-state index is 15.4. The third kappa shape index (κ3) is 12.0. The van der Waals surface area contributed by atoms with E-state index in [1.807, 2.05) is 51.9 Å². The molecule has 1 spiro atoms. The highest BCUT2D eigenvalue weighted by Gasteiger charge is 2.51. The van der Waals surface area contributed by atoms with E-state index in [9.17, 15) is 25.2 Å². The molecule has 5 aromatic rings. The number of hydrogen-bond donors (Lipinski definition) is 8. The second kappa shape index (κ2) is 24.6. The van der Waals surface area contributed by atoms with Gasteiger partial charge in [-0.3, -0.25) is 9.59 Å². The van der Waals surface area contributed by atoms with Crippen molar-refractivity contribution in [2.75, 3.05) is 43.6 Å². The summed E-state index contributed by atoms with van der Waals surface area (Å²) in [7, 11) is 5.37. The summed E-state index contributed by atoms with van der Waals surface area (Å²) in [5, 5.41) is 61.9. The lowest BCUT2D eigenvalue weighted by Crippen LogP contribution is -2.50. The van der Waals surface area contributed by atoms with Crippen molar-refractivity contribution in [1.29, 1.82) is 0 Å². The van der Waals surface area contributed by atoms with Crippen molar-refractivity contribution in [3.05, 3.63) is 148 Å². The number of β-amino-alcohol motifs (C(OH)–C–C–N with tert-alkyl or cyclic N) is 1. The number of aromatic nitrogens is 1. The van der Waals surface area contributed by atoms with Gasteiger partial charge in [0, 0.05) is 77.8 Å². The molecule has 0 saturated heterocycles. The molecule has 2 saturated carbocycles. The zero-order valence-electron chi connectivity index (χ0n) is 46.6. The van der Waals surface area contributed by atoms with E-state index >= 15 is 4.79 Å². The minimum Gasteiger partial charge on any atom is -0.504 e. The number of carbonyl (C=O) groups excluding carboxylic acids is 2. The third-order valence-corrected chi connectivity index (χ3v) is 21.8. The van der Waals surface area contributed by atoms with Crippen LogP contribution in [0.4, 0.5) is 5.69 Å². The number of anilines is 1. The number of nitrogens with one attached hydrogen (secondary N) is 4. The number of ether oxygens (including phenoxy) is 1. The molecule has 0 amide bonds. The van der Waals surface area contributed by atoms with E-state index in [4.69, 9.17) is 4.74 Å². The first-order chi connectivity index (χ1) is 38.8. The molecule has 11 nitrogen and oxygen atoms in total. The molecule has 12 bridgehead atoms. The molecule has 1 aromatic heterocycles. The molecule has 8 N–H and O–H groups in total. The first-order valence-corrected chi connectivity index (χ1v) is 31.9. The number of Topliss-reactive ketones (excluding diaryl/α,β-unsaturated/α-hetero) is 2. The molecule has 2 fully saturated rings. The molecule has 0 radical (unpaired) electrons. The highest BCUT2D eigenvalue weighted by molar-refractivity contribution is 8.76. The fourth-order valence-corrected chi connectivity index (χ4v) is 17.8. The van der Waals surface area contributed by atoms with Gasteiger partial charge in [-0.2, -0.15) is 0 Å². The number of phenolic OH excluding ortho intramolecular Hbond substituents is 1. The van der Waals surface area contributed by atoms with Crippen LogP contribution in [-0.4, -0.2) is 93.5 Å². The van der Waals surface area contributed by atoms with Gasteiger partial charge in [0.25, 0.3) is 0 Å². The number of fused-ring (bicyclic) bond motifs is 8. The largest absolute Gasteiger partial charge is 0.504 e. The van der Waals surface area contributed by atoms with E-state index in [1.165, 1.54) is 12.7 Å². The number of methoxy groups -OCH3 is 1. The Morgan fingerprint density at radius 1 is 0.887 bits per heavy atom. The summed E-state index contributed by atoms with van der Waals surface area (Å²) in [5.41, 5.74) is 7.04. The standard InChI is InChI=1S/C67H80N4O7S2/c1-4-9-55-50-27-44(26-47-16-19-54(46-11-6-5-7-12-46)56-34-59(74)60(78-3)32-48(56)17-20-58(73)64(76)63(75)57(47)31-50)24-42-21-23-69-62(29-42)71-52-18-15-45-14-13-41(25-49(45)30-52)28-53(72)37-68-39-66(2)40-80-79-38-43-10-8-22-67(35-43,65(55)77)61-33-51(66)36-70-61/h5-7,11-15,18,21,25,29-30,32-34,36,43-44,47,50,53-55,57,64-65,68-72,74,76-77H,4,8-10,17,20,22-24,26-28,31,35,37-40H2,1-3H3. The van der Waals surface area contributed by atoms with Crippen LogP contribution in [0.25, 0.3) is 10.8 Å². The van der Waals surface area contributed by atoms with Gasteiger partial charge in [-0.1, -0.05) is 121 Å².